The number of nitrogens with one attached hydrogen (secondary N) is 2. The third kappa shape index (κ3) is 2.15. The van der Waals surface area contributed by atoms with Gasteiger partial charge in [0.1, 0.15) is 5.69 Å². The summed E-state index contributed by atoms with van der Waals surface area (Å²) in [5.41, 5.74) is 1.46. The van der Waals surface area contributed by atoms with Gasteiger partial charge in [0, 0.05) is 13.1 Å². The van der Waals surface area contributed by atoms with E-state index in [1.54, 1.807) is 13.1 Å². The molecular formula is C11H15N3O. The fourth-order valence-electron chi connectivity index (χ4n) is 1.84. The molecule has 0 spiro atoms. The molecule has 1 fully saturated rings. The molecule has 1 atom stereocenters. The zero-order valence-electron chi connectivity index (χ0n) is 8.79. The number of nitrogens with zero attached hydrogens (tertiary/aromatic N) is 1. The molecule has 2 heterocycles. The maximum Gasteiger partial charge on any atom is 0.269 e. The molecule has 1 amide bonds. The Labute approximate surface area is 89.1 Å². The number of aromatic nitrogens is 1. The van der Waals surface area contributed by atoms with Gasteiger partial charge in [0.15, 0.2) is 0 Å². The monoisotopic (exact) mass is 205 g/mol. The molecule has 0 aliphatic carbocycles. The average molecular weight is 205 g/mol. The van der Waals surface area contributed by atoms with Crippen LogP contribution < -0.4 is 10.6 Å². The summed E-state index contributed by atoms with van der Waals surface area (Å²) in [6.45, 7) is 1.04. The summed E-state index contributed by atoms with van der Waals surface area (Å²) < 4.78 is 0. The smallest absolute Gasteiger partial charge is 0.269 e. The van der Waals surface area contributed by atoms with Gasteiger partial charge in [-0.25, -0.2) is 4.98 Å². The van der Waals surface area contributed by atoms with Crippen molar-refractivity contribution >= 4 is 5.91 Å². The van der Waals surface area contributed by atoms with Gasteiger partial charge in [-0.2, -0.15) is 0 Å². The maximum absolute atomic E-state index is 11.4. The van der Waals surface area contributed by atoms with E-state index in [1.807, 2.05) is 12.1 Å². The lowest BCUT2D eigenvalue weighted by atomic mass is 10.1. The maximum atomic E-state index is 11.4. The van der Waals surface area contributed by atoms with Crippen molar-refractivity contribution in [3.05, 3.63) is 29.6 Å². The van der Waals surface area contributed by atoms with Gasteiger partial charge < -0.3 is 10.6 Å². The standard InChI is InChI=1S/C11H15N3O/c1-12-11(15)10-5-2-4-9(14-10)8-6-3-7-13-8/h2,4-5,8,13H,3,6-7H2,1H3,(H,12,15). The van der Waals surface area contributed by atoms with Gasteiger partial charge in [0.25, 0.3) is 5.91 Å². The Morgan fingerprint density at radius 2 is 2.47 bits per heavy atom. The van der Waals surface area contributed by atoms with E-state index >= 15 is 0 Å². The van der Waals surface area contributed by atoms with Crippen LogP contribution in [0.1, 0.15) is 35.1 Å². The van der Waals surface area contributed by atoms with Gasteiger partial charge in [0.2, 0.25) is 0 Å². The highest BCUT2D eigenvalue weighted by Crippen LogP contribution is 2.21. The van der Waals surface area contributed by atoms with Crippen molar-refractivity contribution in [1.82, 2.24) is 15.6 Å². The van der Waals surface area contributed by atoms with Crippen molar-refractivity contribution in [1.29, 1.82) is 0 Å². The molecule has 0 radical (unpaired) electrons. The largest absolute Gasteiger partial charge is 0.354 e. The van der Waals surface area contributed by atoms with E-state index in [0.717, 1.165) is 18.7 Å². The second-order valence-corrected chi connectivity index (χ2v) is 3.68. The van der Waals surface area contributed by atoms with Crippen molar-refractivity contribution in [3.63, 3.8) is 0 Å². The number of hydrogen-bond acceptors (Lipinski definition) is 3. The Morgan fingerprint density at radius 3 is 3.13 bits per heavy atom. The quantitative estimate of drug-likeness (QED) is 0.753. The first-order chi connectivity index (χ1) is 7.31. The van der Waals surface area contributed by atoms with Crippen molar-refractivity contribution in [2.24, 2.45) is 0 Å². The van der Waals surface area contributed by atoms with E-state index in [1.165, 1.54) is 6.42 Å². The molecule has 4 heteroatoms. The first-order valence-electron chi connectivity index (χ1n) is 5.23. The minimum atomic E-state index is -0.130. The zero-order chi connectivity index (χ0) is 10.7. The molecule has 80 valence electrons. The Bertz CT molecular complexity index is 359. The number of amides is 1. The molecule has 0 bridgehead atoms. The molecule has 0 saturated carbocycles. The van der Waals surface area contributed by atoms with E-state index < -0.39 is 0 Å². The van der Waals surface area contributed by atoms with E-state index in [4.69, 9.17) is 0 Å². The van der Waals surface area contributed by atoms with Gasteiger partial charge in [-0.3, -0.25) is 4.79 Å². The van der Waals surface area contributed by atoms with Crippen LogP contribution in [-0.4, -0.2) is 24.5 Å². The second-order valence-electron chi connectivity index (χ2n) is 3.68. The molecule has 1 aliphatic rings. The van der Waals surface area contributed by atoms with Gasteiger partial charge in [-0.15, -0.1) is 0 Å². The number of pyridine rings is 1. The molecule has 2 rings (SSSR count). The summed E-state index contributed by atoms with van der Waals surface area (Å²) in [6.07, 6.45) is 2.28. The van der Waals surface area contributed by atoms with Crippen LogP contribution in [0.15, 0.2) is 18.2 Å². The summed E-state index contributed by atoms with van der Waals surface area (Å²) in [5.74, 6) is -0.130. The highest BCUT2D eigenvalue weighted by atomic mass is 16.1. The van der Waals surface area contributed by atoms with E-state index in [2.05, 4.69) is 15.6 Å². The highest BCUT2D eigenvalue weighted by Gasteiger charge is 2.18. The predicted octanol–water partition coefficient (Wildman–Crippen LogP) is 0.866. The van der Waals surface area contributed by atoms with E-state index in [0.29, 0.717) is 11.7 Å². The van der Waals surface area contributed by atoms with Crippen molar-refractivity contribution in [2.75, 3.05) is 13.6 Å². The van der Waals surface area contributed by atoms with Crippen LogP contribution in [0.4, 0.5) is 0 Å². The number of carbonyl (C=O) groups excluding carboxylic acids is 1. The van der Waals surface area contributed by atoms with Crippen LogP contribution in [0.5, 0.6) is 0 Å². The van der Waals surface area contributed by atoms with Crippen LogP contribution >= 0.6 is 0 Å². The number of carbonyl (C=O) groups is 1. The predicted molar refractivity (Wildman–Crippen MR) is 57.6 cm³/mol. The first-order valence-corrected chi connectivity index (χ1v) is 5.23. The fraction of sp³-hybridized carbons (Fsp3) is 0.455. The van der Waals surface area contributed by atoms with Gasteiger partial charge in [-0.1, -0.05) is 6.07 Å². The van der Waals surface area contributed by atoms with Gasteiger partial charge >= 0.3 is 0 Å². The molecule has 1 saturated heterocycles. The molecule has 15 heavy (non-hydrogen) atoms. The third-order valence-electron chi connectivity index (χ3n) is 2.65. The zero-order valence-corrected chi connectivity index (χ0v) is 8.79. The average Bonchev–Trinajstić information content (AvgIpc) is 2.82. The number of rotatable bonds is 2. The lowest BCUT2D eigenvalue weighted by molar-refractivity contribution is 0.0958. The molecule has 1 aromatic heterocycles. The van der Waals surface area contributed by atoms with Gasteiger partial charge in [-0.05, 0) is 31.5 Å². The number of hydrogen-bond donors (Lipinski definition) is 2. The summed E-state index contributed by atoms with van der Waals surface area (Å²) in [6, 6.07) is 5.90. The Morgan fingerprint density at radius 1 is 1.60 bits per heavy atom. The van der Waals surface area contributed by atoms with Gasteiger partial charge in [0.05, 0.1) is 5.69 Å². The summed E-state index contributed by atoms with van der Waals surface area (Å²) in [4.78, 5) is 15.7. The SMILES string of the molecule is CNC(=O)c1cccc(C2CCCN2)n1. The highest BCUT2D eigenvalue weighted by molar-refractivity contribution is 5.91. The molecule has 2 N–H and O–H groups in total. The van der Waals surface area contributed by atoms with Crippen LogP contribution in [0, 0.1) is 0 Å². The Balaban J connectivity index is 2.21. The second kappa shape index (κ2) is 4.40. The summed E-state index contributed by atoms with van der Waals surface area (Å²) in [7, 11) is 1.62. The summed E-state index contributed by atoms with van der Waals surface area (Å²) >= 11 is 0. The van der Waals surface area contributed by atoms with E-state index in [9.17, 15) is 4.79 Å². The normalized spacial score (nSPS) is 20.2. The molecule has 1 aromatic rings. The van der Waals surface area contributed by atoms with Crippen LogP contribution in [0.3, 0.4) is 0 Å². The summed E-state index contributed by atoms with van der Waals surface area (Å²) in [5, 5.41) is 5.94. The molecule has 1 aliphatic heterocycles. The van der Waals surface area contributed by atoms with Crippen LogP contribution in [0.25, 0.3) is 0 Å². The van der Waals surface area contributed by atoms with E-state index in [-0.39, 0.29) is 5.91 Å². The Kier molecular flexibility index (Phi) is 2.97. The molecule has 4 nitrogen and oxygen atoms in total. The van der Waals surface area contributed by atoms with Crippen LogP contribution in [-0.2, 0) is 0 Å². The fourth-order valence-corrected chi connectivity index (χ4v) is 1.84. The minimum absolute atomic E-state index is 0.130. The minimum Gasteiger partial charge on any atom is -0.354 e. The van der Waals surface area contributed by atoms with Crippen molar-refractivity contribution in [2.45, 2.75) is 18.9 Å². The van der Waals surface area contributed by atoms with Crippen molar-refractivity contribution in [3.8, 4) is 0 Å². The Hall–Kier alpha value is -1.42. The first kappa shape index (κ1) is 10.1. The molecule has 0 aromatic carbocycles. The lowest BCUT2D eigenvalue weighted by Crippen LogP contribution is -2.21. The van der Waals surface area contributed by atoms with Crippen LogP contribution in [0.2, 0.25) is 0 Å². The third-order valence-corrected chi connectivity index (χ3v) is 2.65. The lowest BCUT2D eigenvalue weighted by Gasteiger charge is -2.10. The topological polar surface area (TPSA) is 54.0 Å². The molecular weight excluding hydrogens is 190 g/mol. The van der Waals surface area contributed by atoms with Crippen molar-refractivity contribution < 1.29 is 4.79 Å². The molecule has 1 unspecified atom stereocenters.